The molecule has 0 aromatic heterocycles. The molecule has 3 rings (SSSR count). The van der Waals surface area contributed by atoms with Gasteiger partial charge in [-0.05, 0) is 70.0 Å². The Hall–Kier alpha value is -2.46. The third kappa shape index (κ3) is 4.96. The molecule has 0 radical (unpaired) electrons. The number of morpholine rings is 1. The molecule has 2 aromatic rings. The second-order valence-corrected chi connectivity index (χ2v) is 10.6. The summed E-state index contributed by atoms with van der Waals surface area (Å²) in [6.07, 6.45) is -0.428. The van der Waals surface area contributed by atoms with Crippen molar-refractivity contribution in [1.29, 1.82) is 0 Å². The summed E-state index contributed by atoms with van der Waals surface area (Å²) in [5.41, 5.74) is 3.75. The number of aryl methyl sites for hydroxylation is 2. The molecule has 1 amide bonds. The van der Waals surface area contributed by atoms with E-state index in [2.05, 4.69) is 6.07 Å². The largest absolute Gasteiger partial charge is 0.489 e. The molecule has 1 aliphatic heterocycles. The van der Waals surface area contributed by atoms with E-state index >= 15 is 0 Å². The van der Waals surface area contributed by atoms with E-state index in [0.29, 0.717) is 12.4 Å². The van der Waals surface area contributed by atoms with Crippen LogP contribution in [0, 0.1) is 13.8 Å². The Morgan fingerprint density at radius 2 is 1.88 bits per heavy atom. The van der Waals surface area contributed by atoms with Crippen molar-refractivity contribution in [3.05, 3.63) is 59.2 Å². The van der Waals surface area contributed by atoms with Gasteiger partial charge in [-0.2, -0.15) is 4.31 Å². The number of benzene rings is 2. The van der Waals surface area contributed by atoms with E-state index in [1.165, 1.54) is 12.1 Å². The second kappa shape index (κ2) is 9.19. The predicted octanol–water partition coefficient (Wildman–Crippen LogP) is 2.94. The predicted molar refractivity (Wildman–Crippen MR) is 119 cm³/mol. The number of sulfonamides is 1. The van der Waals surface area contributed by atoms with Gasteiger partial charge in [0.25, 0.3) is 5.91 Å². The summed E-state index contributed by atoms with van der Waals surface area (Å²) in [5, 5.41) is 9.17. The van der Waals surface area contributed by atoms with E-state index in [1.54, 1.807) is 38.4 Å². The Balaban J connectivity index is 1.83. The Bertz CT molecular complexity index is 1080. The molecule has 1 saturated heterocycles. The second-order valence-electron chi connectivity index (χ2n) is 8.68. The van der Waals surface area contributed by atoms with Crippen LogP contribution in [0.2, 0.25) is 0 Å². The molecule has 174 valence electrons. The lowest BCUT2D eigenvalue weighted by Gasteiger charge is -2.46. The van der Waals surface area contributed by atoms with Gasteiger partial charge in [0.1, 0.15) is 18.4 Å². The Kier molecular flexibility index (Phi) is 6.94. The lowest BCUT2D eigenvalue weighted by atomic mass is 9.95. The third-order valence-corrected chi connectivity index (χ3v) is 7.42. The number of hydrogen-bond donors (Lipinski definition) is 2. The molecule has 2 N–H and O–H groups in total. The zero-order chi connectivity index (χ0) is 23.7. The van der Waals surface area contributed by atoms with Crippen LogP contribution in [0.15, 0.2) is 47.4 Å². The molecule has 0 aliphatic carbocycles. The van der Waals surface area contributed by atoms with Gasteiger partial charge in [-0.15, -0.1) is 0 Å². The van der Waals surface area contributed by atoms with Crippen molar-refractivity contribution in [2.24, 2.45) is 0 Å². The molecule has 8 nitrogen and oxygen atoms in total. The van der Waals surface area contributed by atoms with Crippen molar-refractivity contribution >= 4 is 15.9 Å². The summed E-state index contributed by atoms with van der Waals surface area (Å²) in [7, 11) is -4.04. The van der Waals surface area contributed by atoms with Crippen LogP contribution in [0.1, 0.15) is 37.5 Å². The van der Waals surface area contributed by atoms with E-state index in [-0.39, 0.29) is 11.4 Å². The highest BCUT2D eigenvalue weighted by Crippen LogP contribution is 2.33. The summed E-state index contributed by atoms with van der Waals surface area (Å²) in [6.45, 7) is 9.35. The van der Waals surface area contributed by atoms with Crippen LogP contribution in [0.3, 0.4) is 0 Å². The number of ether oxygens (including phenoxy) is 2. The highest BCUT2D eigenvalue weighted by Gasteiger charge is 2.50. The maximum Gasteiger partial charge on any atom is 0.264 e. The normalized spacial score (nSPS) is 21.2. The molecule has 0 bridgehead atoms. The molecule has 9 heteroatoms. The van der Waals surface area contributed by atoms with Gasteiger partial charge in [-0.25, -0.2) is 13.9 Å². The minimum atomic E-state index is -4.04. The van der Waals surface area contributed by atoms with E-state index < -0.39 is 33.7 Å². The van der Waals surface area contributed by atoms with Crippen molar-refractivity contribution < 1.29 is 27.9 Å². The average Bonchev–Trinajstić information content (AvgIpc) is 2.73. The van der Waals surface area contributed by atoms with Gasteiger partial charge in [0.2, 0.25) is 10.0 Å². The molecule has 1 aliphatic rings. The zero-order valence-electron chi connectivity index (χ0n) is 19.0. The van der Waals surface area contributed by atoms with Crippen LogP contribution in [-0.4, -0.2) is 48.1 Å². The quantitative estimate of drug-likeness (QED) is 0.505. The number of hydrogen-bond acceptors (Lipinski definition) is 6. The van der Waals surface area contributed by atoms with Gasteiger partial charge in [0, 0.05) is 6.54 Å². The summed E-state index contributed by atoms with van der Waals surface area (Å²) >= 11 is 0. The molecule has 1 fully saturated rings. The number of amides is 1. The molecule has 2 atom stereocenters. The first kappa shape index (κ1) is 24.2. The van der Waals surface area contributed by atoms with E-state index in [0.717, 1.165) is 21.0 Å². The third-order valence-electron chi connectivity index (χ3n) is 5.58. The van der Waals surface area contributed by atoms with E-state index in [9.17, 15) is 18.4 Å². The molecule has 1 heterocycles. The van der Waals surface area contributed by atoms with Gasteiger partial charge in [-0.1, -0.05) is 23.8 Å². The first-order chi connectivity index (χ1) is 15.0. The average molecular weight is 463 g/mol. The molecular weight excluding hydrogens is 432 g/mol. The standard InChI is InChI=1S/C23H30N2O6S/c1-15-6-7-16(2)18(12-15)14-30-19-8-10-20(11-9-19)32(28,29)25-13-17(3)31-23(4,5)21(25)22(26)24-27/h6-12,17,21,27H,13-14H2,1-5H3,(H,24,26)/t17-,21-/m0/s1. The van der Waals surface area contributed by atoms with Crippen LogP contribution >= 0.6 is 0 Å². The van der Waals surface area contributed by atoms with Crippen molar-refractivity contribution in [2.75, 3.05) is 6.54 Å². The van der Waals surface area contributed by atoms with Crippen molar-refractivity contribution in [3.63, 3.8) is 0 Å². The summed E-state index contributed by atoms with van der Waals surface area (Å²) in [4.78, 5) is 12.4. The monoisotopic (exact) mass is 462 g/mol. The van der Waals surface area contributed by atoms with Crippen LogP contribution in [-0.2, 0) is 26.2 Å². The summed E-state index contributed by atoms with van der Waals surface area (Å²) in [5.74, 6) is -0.316. The summed E-state index contributed by atoms with van der Waals surface area (Å²) in [6, 6.07) is 11.0. The number of rotatable bonds is 6. The number of nitrogens with zero attached hydrogens (tertiary/aromatic N) is 1. The molecular formula is C23H30N2O6S. The van der Waals surface area contributed by atoms with Crippen LogP contribution in [0.5, 0.6) is 5.75 Å². The van der Waals surface area contributed by atoms with E-state index in [1.807, 2.05) is 26.0 Å². The molecule has 32 heavy (non-hydrogen) atoms. The first-order valence-corrected chi connectivity index (χ1v) is 11.8. The fraction of sp³-hybridized carbons (Fsp3) is 0.435. The van der Waals surface area contributed by atoms with Gasteiger partial charge < -0.3 is 9.47 Å². The van der Waals surface area contributed by atoms with Crippen molar-refractivity contribution in [2.45, 2.75) is 63.9 Å². The Morgan fingerprint density at radius 1 is 1.22 bits per heavy atom. The molecule has 2 aromatic carbocycles. The molecule has 0 spiro atoms. The SMILES string of the molecule is Cc1ccc(C)c(COc2ccc(S(=O)(=O)N3C[C@H](C)OC(C)(C)[C@@H]3C(=O)NO)cc2)c1. The van der Waals surface area contributed by atoms with E-state index in [4.69, 9.17) is 9.47 Å². The summed E-state index contributed by atoms with van der Waals surface area (Å²) < 4.78 is 39.5. The van der Waals surface area contributed by atoms with Gasteiger partial charge in [0.05, 0.1) is 16.6 Å². The van der Waals surface area contributed by atoms with Gasteiger partial charge in [0.15, 0.2) is 0 Å². The fourth-order valence-electron chi connectivity index (χ4n) is 4.03. The molecule has 0 saturated carbocycles. The lowest BCUT2D eigenvalue weighted by molar-refractivity contribution is -0.167. The zero-order valence-corrected chi connectivity index (χ0v) is 19.8. The van der Waals surface area contributed by atoms with Crippen LogP contribution < -0.4 is 10.2 Å². The Morgan fingerprint density at radius 3 is 2.50 bits per heavy atom. The number of carbonyl (C=O) groups is 1. The molecule has 0 unspecified atom stereocenters. The smallest absolute Gasteiger partial charge is 0.264 e. The minimum absolute atomic E-state index is 0.0191. The van der Waals surface area contributed by atoms with Gasteiger partial charge >= 0.3 is 0 Å². The van der Waals surface area contributed by atoms with Crippen LogP contribution in [0.25, 0.3) is 0 Å². The lowest BCUT2D eigenvalue weighted by Crippen LogP contribution is -2.65. The highest BCUT2D eigenvalue weighted by molar-refractivity contribution is 7.89. The number of nitrogens with one attached hydrogen (secondary N) is 1. The van der Waals surface area contributed by atoms with Crippen molar-refractivity contribution in [3.8, 4) is 5.75 Å². The Labute approximate surface area is 189 Å². The maximum absolute atomic E-state index is 13.4. The first-order valence-electron chi connectivity index (χ1n) is 10.4. The van der Waals surface area contributed by atoms with Crippen molar-refractivity contribution in [1.82, 2.24) is 9.79 Å². The van der Waals surface area contributed by atoms with Crippen LogP contribution in [0.4, 0.5) is 0 Å². The number of carbonyl (C=O) groups excluding carboxylic acids is 1. The fourth-order valence-corrected chi connectivity index (χ4v) is 5.81. The minimum Gasteiger partial charge on any atom is -0.489 e. The maximum atomic E-state index is 13.4. The number of hydroxylamine groups is 1. The topological polar surface area (TPSA) is 105 Å². The highest BCUT2D eigenvalue weighted by atomic mass is 32.2. The van der Waals surface area contributed by atoms with Gasteiger partial charge in [-0.3, -0.25) is 10.0 Å².